The van der Waals surface area contributed by atoms with E-state index < -0.39 is 28.5 Å². The van der Waals surface area contributed by atoms with E-state index in [1.165, 1.54) is 36.4 Å². The van der Waals surface area contributed by atoms with Crippen LogP contribution in [0.4, 0.5) is 13.2 Å². The number of halogens is 3. The predicted octanol–water partition coefficient (Wildman–Crippen LogP) is 3.02. The number of alkyl halides is 3. The van der Waals surface area contributed by atoms with E-state index in [9.17, 15) is 26.4 Å². The van der Waals surface area contributed by atoms with Gasteiger partial charge in [-0.05, 0) is 29.8 Å². The highest BCUT2D eigenvalue weighted by Crippen LogP contribution is 2.21. The predicted molar refractivity (Wildman–Crippen MR) is 86.6 cm³/mol. The minimum Gasteiger partial charge on any atom is -0.454 e. The van der Waals surface area contributed by atoms with Crippen LogP contribution in [0.1, 0.15) is 15.2 Å². The van der Waals surface area contributed by atoms with Gasteiger partial charge in [-0.15, -0.1) is 11.3 Å². The molecule has 0 saturated carbocycles. The lowest BCUT2D eigenvalue weighted by Gasteiger charge is -2.11. The van der Waals surface area contributed by atoms with Crippen molar-refractivity contribution in [3.05, 3.63) is 46.8 Å². The van der Waals surface area contributed by atoms with E-state index in [0.717, 1.165) is 17.6 Å². The maximum atomic E-state index is 12.8. The highest BCUT2D eigenvalue weighted by atomic mass is 32.2. The summed E-state index contributed by atoms with van der Waals surface area (Å²) >= 11 is 0.862. The van der Waals surface area contributed by atoms with Gasteiger partial charge in [0.15, 0.2) is 9.84 Å². The minimum atomic E-state index is -3.36. The van der Waals surface area contributed by atoms with E-state index in [1.54, 1.807) is 0 Å². The van der Waals surface area contributed by atoms with E-state index >= 15 is 0 Å². The van der Waals surface area contributed by atoms with Crippen molar-refractivity contribution in [2.75, 3.05) is 6.26 Å². The molecule has 2 rings (SSSR count). The standard InChI is InChI=1S/C15H14F3NO4S2/c1-25(21,22)12-7-6-11(24-12)15(20)19-8-9-2-4-10(5-3-9)23-14(18)13(16)17/h2-7,13-14H,8H2,1H3,(H,19,20). The molecule has 1 atom stereocenters. The summed E-state index contributed by atoms with van der Waals surface area (Å²) in [5, 5.41) is 2.60. The highest BCUT2D eigenvalue weighted by Gasteiger charge is 2.20. The Hall–Kier alpha value is -2.07. The van der Waals surface area contributed by atoms with E-state index in [2.05, 4.69) is 10.1 Å². The molecule has 1 N–H and O–H groups in total. The number of carbonyl (C=O) groups is 1. The molecule has 0 radical (unpaired) electrons. The van der Waals surface area contributed by atoms with Gasteiger partial charge in [0.2, 0.25) is 0 Å². The van der Waals surface area contributed by atoms with Gasteiger partial charge in [0.05, 0.1) is 4.88 Å². The first kappa shape index (κ1) is 19.3. The second-order valence-electron chi connectivity index (χ2n) is 5.02. The van der Waals surface area contributed by atoms with Crippen molar-refractivity contribution in [2.45, 2.75) is 23.5 Å². The number of amides is 1. The number of benzene rings is 1. The molecule has 0 aliphatic heterocycles. The summed E-state index contributed by atoms with van der Waals surface area (Å²) in [5.74, 6) is -0.499. The fourth-order valence-electron chi connectivity index (χ4n) is 1.78. The topological polar surface area (TPSA) is 72.5 Å². The molecule has 10 heteroatoms. The number of ether oxygens (including phenoxy) is 1. The Morgan fingerprint density at radius 3 is 2.32 bits per heavy atom. The summed E-state index contributed by atoms with van der Waals surface area (Å²) in [6.45, 7) is 0.124. The van der Waals surface area contributed by atoms with Crippen LogP contribution in [0, 0.1) is 0 Å². The summed E-state index contributed by atoms with van der Waals surface area (Å²) in [6.07, 6.45) is -4.88. The summed E-state index contributed by atoms with van der Waals surface area (Å²) < 4.78 is 64.2. The van der Waals surface area contributed by atoms with Crippen molar-refractivity contribution >= 4 is 27.1 Å². The maximum absolute atomic E-state index is 12.8. The van der Waals surface area contributed by atoms with Crippen molar-refractivity contribution in [2.24, 2.45) is 0 Å². The smallest absolute Gasteiger partial charge is 0.304 e. The molecular weight excluding hydrogens is 379 g/mol. The zero-order valence-electron chi connectivity index (χ0n) is 12.9. The average Bonchev–Trinajstić information content (AvgIpc) is 3.04. The first-order valence-corrected chi connectivity index (χ1v) is 9.63. The third-order valence-electron chi connectivity index (χ3n) is 2.99. The Balaban J connectivity index is 1.92. The molecule has 1 aromatic heterocycles. The van der Waals surface area contributed by atoms with Crippen LogP contribution >= 0.6 is 11.3 Å². The molecular formula is C15H14F3NO4S2. The van der Waals surface area contributed by atoms with Gasteiger partial charge in [0, 0.05) is 12.8 Å². The average molecular weight is 393 g/mol. The number of hydrogen-bond acceptors (Lipinski definition) is 5. The van der Waals surface area contributed by atoms with Gasteiger partial charge < -0.3 is 10.1 Å². The van der Waals surface area contributed by atoms with Gasteiger partial charge in [-0.2, -0.15) is 4.39 Å². The van der Waals surface area contributed by atoms with Gasteiger partial charge >= 0.3 is 6.43 Å². The quantitative estimate of drug-likeness (QED) is 0.785. The number of sulfone groups is 1. The van der Waals surface area contributed by atoms with Crippen LogP contribution in [0.5, 0.6) is 5.75 Å². The van der Waals surface area contributed by atoms with Crippen molar-refractivity contribution in [1.29, 1.82) is 0 Å². The Kier molecular flexibility index (Phi) is 6.07. The molecule has 1 aromatic carbocycles. The zero-order valence-corrected chi connectivity index (χ0v) is 14.5. The lowest BCUT2D eigenvalue weighted by molar-refractivity contribution is -0.0669. The highest BCUT2D eigenvalue weighted by molar-refractivity contribution is 7.92. The third-order valence-corrected chi connectivity index (χ3v) is 5.90. The number of nitrogens with one attached hydrogen (secondary N) is 1. The molecule has 1 heterocycles. The molecule has 1 unspecified atom stereocenters. The third kappa shape index (κ3) is 5.46. The zero-order chi connectivity index (χ0) is 18.6. The summed E-state index contributed by atoms with van der Waals surface area (Å²) in [6, 6.07) is 8.37. The lowest BCUT2D eigenvalue weighted by atomic mass is 10.2. The Labute approximate surface area is 146 Å². The molecule has 25 heavy (non-hydrogen) atoms. The Bertz CT molecular complexity index is 835. The number of rotatable bonds is 7. The lowest BCUT2D eigenvalue weighted by Crippen LogP contribution is -2.22. The van der Waals surface area contributed by atoms with Gasteiger partial charge in [0.25, 0.3) is 12.3 Å². The molecule has 136 valence electrons. The van der Waals surface area contributed by atoms with Crippen LogP contribution in [0.25, 0.3) is 0 Å². The summed E-state index contributed by atoms with van der Waals surface area (Å²) in [4.78, 5) is 12.2. The van der Waals surface area contributed by atoms with Crippen LogP contribution in [0.15, 0.2) is 40.6 Å². The van der Waals surface area contributed by atoms with Crippen LogP contribution in [0.3, 0.4) is 0 Å². The molecule has 0 saturated heterocycles. The first-order valence-electron chi connectivity index (χ1n) is 6.93. The van der Waals surface area contributed by atoms with Crippen molar-refractivity contribution in [1.82, 2.24) is 5.32 Å². The number of thiophene rings is 1. The van der Waals surface area contributed by atoms with Crippen LogP contribution in [0.2, 0.25) is 0 Å². The van der Waals surface area contributed by atoms with Gasteiger partial charge in [-0.3, -0.25) is 4.79 Å². The van der Waals surface area contributed by atoms with Crippen molar-refractivity contribution < 1.29 is 31.1 Å². The Morgan fingerprint density at radius 2 is 1.80 bits per heavy atom. The van der Waals surface area contributed by atoms with Crippen LogP contribution in [-0.4, -0.2) is 33.4 Å². The van der Waals surface area contributed by atoms with Crippen LogP contribution < -0.4 is 10.1 Å². The number of carbonyl (C=O) groups excluding carboxylic acids is 1. The molecule has 0 bridgehead atoms. The molecule has 5 nitrogen and oxygen atoms in total. The molecule has 0 aliphatic carbocycles. The Morgan fingerprint density at radius 1 is 1.16 bits per heavy atom. The van der Waals surface area contributed by atoms with E-state index in [1.807, 2.05) is 0 Å². The second-order valence-corrected chi connectivity index (χ2v) is 8.35. The van der Waals surface area contributed by atoms with E-state index in [-0.39, 0.29) is 21.4 Å². The molecule has 0 fully saturated rings. The summed E-state index contributed by atoms with van der Waals surface area (Å²) in [5.41, 5.74) is 0.632. The monoisotopic (exact) mass is 393 g/mol. The fraction of sp³-hybridized carbons (Fsp3) is 0.267. The summed E-state index contributed by atoms with van der Waals surface area (Å²) in [7, 11) is -3.36. The molecule has 0 spiro atoms. The minimum absolute atomic E-state index is 0.0565. The fourth-order valence-corrected chi connectivity index (χ4v) is 3.62. The molecule has 1 amide bonds. The van der Waals surface area contributed by atoms with Crippen molar-refractivity contribution in [3.63, 3.8) is 0 Å². The van der Waals surface area contributed by atoms with E-state index in [0.29, 0.717) is 5.56 Å². The first-order chi connectivity index (χ1) is 11.7. The molecule has 2 aromatic rings. The van der Waals surface area contributed by atoms with Gasteiger partial charge in [-0.25, -0.2) is 17.2 Å². The van der Waals surface area contributed by atoms with Crippen molar-refractivity contribution in [3.8, 4) is 5.75 Å². The second kappa shape index (κ2) is 7.87. The van der Waals surface area contributed by atoms with Gasteiger partial charge in [-0.1, -0.05) is 12.1 Å². The van der Waals surface area contributed by atoms with E-state index in [4.69, 9.17) is 0 Å². The normalized spacial score (nSPS) is 12.8. The van der Waals surface area contributed by atoms with Crippen LogP contribution in [-0.2, 0) is 16.4 Å². The maximum Gasteiger partial charge on any atom is 0.304 e. The van der Waals surface area contributed by atoms with Gasteiger partial charge in [0.1, 0.15) is 9.96 Å². The number of hydrogen-bond donors (Lipinski definition) is 1. The molecule has 0 aliphatic rings. The largest absolute Gasteiger partial charge is 0.454 e. The SMILES string of the molecule is CS(=O)(=O)c1ccc(C(=O)NCc2ccc(OC(F)C(F)F)cc2)s1.